The molecule has 1 atom stereocenters. The van der Waals surface area contributed by atoms with Crippen molar-refractivity contribution in [3.8, 4) is 5.75 Å². The van der Waals surface area contributed by atoms with Gasteiger partial charge in [-0.05, 0) is 51.1 Å². The summed E-state index contributed by atoms with van der Waals surface area (Å²) < 4.78 is 10.9. The van der Waals surface area contributed by atoms with E-state index in [1.807, 2.05) is 6.92 Å². The molecule has 0 N–H and O–H groups in total. The van der Waals surface area contributed by atoms with Crippen LogP contribution in [0.15, 0.2) is 42.5 Å². The zero-order valence-electron chi connectivity index (χ0n) is 16.4. The fraction of sp³-hybridized carbons (Fsp3) is 0.273. The van der Waals surface area contributed by atoms with Gasteiger partial charge in [-0.25, -0.2) is 4.79 Å². The van der Waals surface area contributed by atoms with Crippen molar-refractivity contribution in [2.24, 2.45) is 0 Å². The lowest BCUT2D eigenvalue weighted by Crippen LogP contribution is -2.43. The summed E-state index contributed by atoms with van der Waals surface area (Å²) in [5, 5.41) is 0. The summed E-state index contributed by atoms with van der Waals surface area (Å²) in [5.41, 5.74) is 1.53. The molecular weight excluding hydrogens is 374 g/mol. The highest BCUT2D eigenvalue weighted by atomic mass is 16.5. The van der Waals surface area contributed by atoms with Crippen molar-refractivity contribution in [1.29, 1.82) is 0 Å². The zero-order valence-corrected chi connectivity index (χ0v) is 16.4. The van der Waals surface area contributed by atoms with Crippen molar-refractivity contribution in [3.05, 3.63) is 64.7 Å². The largest absolute Gasteiger partial charge is 0.493 e. The molecule has 0 aromatic heterocycles. The number of ketones is 1. The number of ether oxygens (including phenoxy) is 2. The Bertz CT molecular complexity index is 962. The minimum absolute atomic E-state index is 0.125. The number of hydrogen-bond donors (Lipinski definition) is 0. The fourth-order valence-corrected chi connectivity index (χ4v) is 3.14. The van der Waals surface area contributed by atoms with E-state index in [1.54, 1.807) is 42.5 Å². The molecule has 150 valence electrons. The van der Waals surface area contributed by atoms with Gasteiger partial charge in [0.1, 0.15) is 18.4 Å². The first-order valence-corrected chi connectivity index (χ1v) is 9.25. The standard InChI is InChI=1S/C22H21NO6/c1-4-28-19-10-9-15(14(3)24)11-16(19)12-29-22(27)13(2)23-20(25)17-7-5-6-8-18(17)21(23)26/h5-11,13H,4,12H2,1-3H3/t13-/m0/s1. The van der Waals surface area contributed by atoms with Crippen LogP contribution in [0.5, 0.6) is 5.75 Å². The highest BCUT2D eigenvalue weighted by molar-refractivity contribution is 6.22. The first kappa shape index (κ1) is 20.3. The summed E-state index contributed by atoms with van der Waals surface area (Å²) >= 11 is 0. The van der Waals surface area contributed by atoms with E-state index in [0.717, 1.165) is 4.90 Å². The second kappa shape index (κ2) is 8.26. The van der Waals surface area contributed by atoms with Gasteiger partial charge in [0.05, 0.1) is 17.7 Å². The number of hydrogen-bond acceptors (Lipinski definition) is 6. The molecule has 3 rings (SSSR count). The van der Waals surface area contributed by atoms with Gasteiger partial charge < -0.3 is 9.47 Å². The Labute approximate surface area is 168 Å². The van der Waals surface area contributed by atoms with Crippen LogP contribution in [0.2, 0.25) is 0 Å². The second-order valence-corrected chi connectivity index (χ2v) is 6.62. The molecule has 7 nitrogen and oxygen atoms in total. The molecule has 7 heteroatoms. The Kier molecular flexibility index (Phi) is 5.77. The Morgan fingerprint density at radius 1 is 1.03 bits per heavy atom. The van der Waals surface area contributed by atoms with Crippen LogP contribution in [0.4, 0.5) is 0 Å². The van der Waals surface area contributed by atoms with E-state index < -0.39 is 23.8 Å². The van der Waals surface area contributed by atoms with Crippen LogP contribution < -0.4 is 4.74 Å². The third-order valence-electron chi connectivity index (χ3n) is 4.69. The molecule has 29 heavy (non-hydrogen) atoms. The third-order valence-corrected chi connectivity index (χ3v) is 4.69. The van der Waals surface area contributed by atoms with E-state index in [0.29, 0.717) is 23.5 Å². The number of nitrogens with zero attached hydrogens (tertiary/aromatic N) is 1. The number of esters is 1. The van der Waals surface area contributed by atoms with Crippen molar-refractivity contribution < 1.29 is 28.7 Å². The van der Waals surface area contributed by atoms with Gasteiger partial charge in [0.2, 0.25) is 0 Å². The molecule has 0 unspecified atom stereocenters. The first-order valence-electron chi connectivity index (χ1n) is 9.25. The molecule has 2 aromatic carbocycles. The lowest BCUT2D eigenvalue weighted by Gasteiger charge is -2.21. The number of carbonyl (C=O) groups is 4. The molecule has 0 bridgehead atoms. The van der Waals surface area contributed by atoms with Crippen LogP contribution in [-0.4, -0.2) is 41.1 Å². The van der Waals surface area contributed by atoms with Crippen LogP contribution in [0.1, 0.15) is 57.4 Å². The molecule has 2 amide bonds. The van der Waals surface area contributed by atoms with Crippen molar-refractivity contribution in [2.45, 2.75) is 33.4 Å². The summed E-state index contributed by atoms with van der Waals surface area (Å²) in [4.78, 5) is 50.2. The molecular formula is C22H21NO6. The number of fused-ring (bicyclic) bond motifs is 1. The van der Waals surface area contributed by atoms with Crippen molar-refractivity contribution in [1.82, 2.24) is 4.90 Å². The van der Waals surface area contributed by atoms with E-state index in [-0.39, 0.29) is 23.5 Å². The minimum atomic E-state index is -1.09. The normalized spacial score (nSPS) is 13.8. The molecule has 0 radical (unpaired) electrons. The monoisotopic (exact) mass is 395 g/mol. The molecule has 0 spiro atoms. The third kappa shape index (κ3) is 3.89. The van der Waals surface area contributed by atoms with Crippen LogP contribution in [-0.2, 0) is 16.1 Å². The Balaban J connectivity index is 1.75. The van der Waals surface area contributed by atoms with E-state index in [9.17, 15) is 19.2 Å². The molecule has 1 aliphatic rings. The van der Waals surface area contributed by atoms with Gasteiger partial charge in [-0.3, -0.25) is 19.3 Å². The molecule has 1 heterocycles. The number of Topliss-reactive ketones (excluding diaryl/α,β-unsaturated/α-hetero) is 1. The van der Waals surface area contributed by atoms with E-state index in [2.05, 4.69) is 0 Å². The second-order valence-electron chi connectivity index (χ2n) is 6.62. The maximum Gasteiger partial charge on any atom is 0.329 e. The number of rotatable bonds is 7. The Morgan fingerprint density at radius 3 is 2.21 bits per heavy atom. The first-order chi connectivity index (χ1) is 13.8. The SMILES string of the molecule is CCOc1ccc(C(C)=O)cc1COC(=O)[C@H](C)N1C(=O)c2ccccc2C1=O. The van der Waals surface area contributed by atoms with Crippen LogP contribution in [0, 0.1) is 0 Å². The average Bonchev–Trinajstić information content (AvgIpc) is 2.97. The number of imide groups is 1. The predicted molar refractivity (Wildman–Crippen MR) is 104 cm³/mol. The Hall–Kier alpha value is -3.48. The minimum Gasteiger partial charge on any atom is -0.493 e. The van der Waals surface area contributed by atoms with Crippen LogP contribution in [0.25, 0.3) is 0 Å². The summed E-state index contributed by atoms with van der Waals surface area (Å²) in [7, 11) is 0. The maximum atomic E-state index is 12.6. The van der Waals surface area contributed by atoms with Gasteiger partial charge in [0, 0.05) is 11.1 Å². The molecule has 0 saturated carbocycles. The van der Waals surface area contributed by atoms with Gasteiger partial charge in [0.25, 0.3) is 11.8 Å². The summed E-state index contributed by atoms with van der Waals surface area (Å²) in [6.07, 6.45) is 0. The number of carbonyl (C=O) groups excluding carboxylic acids is 4. The Morgan fingerprint density at radius 2 is 1.66 bits per heavy atom. The molecule has 0 aliphatic carbocycles. The molecule has 0 saturated heterocycles. The average molecular weight is 395 g/mol. The molecule has 1 aliphatic heterocycles. The maximum absolute atomic E-state index is 12.6. The number of amides is 2. The lowest BCUT2D eigenvalue weighted by molar-refractivity contribution is -0.149. The van der Waals surface area contributed by atoms with Crippen LogP contribution >= 0.6 is 0 Å². The van der Waals surface area contributed by atoms with E-state index in [4.69, 9.17) is 9.47 Å². The van der Waals surface area contributed by atoms with Crippen molar-refractivity contribution in [3.63, 3.8) is 0 Å². The van der Waals surface area contributed by atoms with Gasteiger partial charge >= 0.3 is 5.97 Å². The summed E-state index contributed by atoms with van der Waals surface area (Å²) in [6, 6.07) is 10.2. The summed E-state index contributed by atoms with van der Waals surface area (Å²) in [6.45, 7) is 4.96. The highest BCUT2D eigenvalue weighted by Crippen LogP contribution is 2.26. The fourth-order valence-electron chi connectivity index (χ4n) is 3.14. The highest BCUT2D eigenvalue weighted by Gasteiger charge is 2.41. The van der Waals surface area contributed by atoms with Gasteiger partial charge in [0.15, 0.2) is 5.78 Å². The van der Waals surface area contributed by atoms with E-state index >= 15 is 0 Å². The van der Waals surface area contributed by atoms with Gasteiger partial charge in [-0.2, -0.15) is 0 Å². The van der Waals surface area contributed by atoms with E-state index in [1.165, 1.54) is 13.8 Å². The molecule has 2 aromatic rings. The predicted octanol–water partition coefficient (Wildman–Crippen LogP) is 3.02. The quantitative estimate of drug-likeness (QED) is 0.407. The number of benzene rings is 2. The lowest BCUT2D eigenvalue weighted by atomic mass is 10.1. The van der Waals surface area contributed by atoms with Gasteiger partial charge in [-0.15, -0.1) is 0 Å². The van der Waals surface area contributed by atoms with Crippen LogP contribution in [0.3, 0.4) is 0 Å². The van der Waals surface area contributed by atoms with Gasteiger partial charge in [-0.1, -0.05) is 12.1 Å². The zero-order chi connectivity index (χ0) is 21.1. The smallest absolute Gasteiger partial charge is 0.329 e. The molecule has 0 fully saturated rings. The topological polar surface area (TPSA) is 90.0 Å². The van der Waals surface area contributed by atoms with Crippen molar-refractivity contribution >= 4 is 23.6 Å². The summed E-state index contributed by atoms with van der Waals surface area (Å²) in [5.74, 6) is -1.40. The van der Waals surface area contributed by atoms with Crippen molar-refractivity contribution in [2.75, 3.05) is 6.61 Å².